The van der Waals surface area contributed by atoms with Gasteiger partial charge in [0.05, 0.1) is 11.2 Å². The Morgan fingerprint density at radius 1 is 1.25 bits per heavy atom. The van der Waals surface area contributed by atoms with E-state index in [-0.39, 0.29) is 16.0 Å². The van der Waals surface area contributed by atoms with Gasteiger partial charge in [-0.2, -0.15) is 13.4 Å². The molecule has 0 fully saturated rings. The number of fused-ring (bicyclic) bond motifs is 2. The Hall–Kier alpha value is -2.62. The molecule has 3 N–H and O–H groups in total. The molecule has 0 aliphatic carbocycles. The molecule has 1 aliphatic rings. The molecule has 0 unspecified atom stereocenters. The third-order valence-corrected chi connectivity index (χ3v) is 6.90. The number of para-hydroxylation sites is 1. The lowest BCUT2D eigenvalue weighted by Gasteiger charge is -2.15. The molecule has 2 aromatic carbocycles. The van der Waals surface area contributed by atoms with Crippen molar-refractivity contribution in [3.63, 3.8) is 0 Å². The van der Waals surface area contributed by atoms with Crippen LogP contribution >= 0.6 is 23.4 Å². The fourth-order valence-corrected chi connectivity index (χ4v) is 5.48. The van der Waals surface area contributed by atoms with E-state index >= 15 is 0 Å². The predicted octanol–water partition coefficient (Wildman–Crippen LogP) is 3.77. The first-order chi connectivity index (χ1) is 13.3. The number of hydrogen-bond acceptors (Lipinski definition) is 5. The standard InChI is InChI=1S/C18H14ClN5O2S2/c1-10-8-15-14(9-12(10)19)27-18(24-28(15,25)26)23-17(20)22-13-6-2-4-11-5-3-7-21-16(11)13/h2-9H,1H3,(H3,20,22,23,24). The number of pyridine rings is 1. The first-order valence-corrected chi connectivity index (χ1v) is 10.7. The van der Waals surface area contributed by atoms with Gasteiger partial charge in [-0.1, -0.05) is 29.8 Å². The number of benzene rings is 2. The van der Waals surface area contributed by atoms with Gasteiger partial charge < -0.3 is 11.1 Å². The van der Waals surface area contributed by atoms with Gasteiger partial charge in [0.15, 0.2) is 5.96 Å². The van der Waals surface area contributed by atoms with Crippen LogP contribution in [-0.4, -0.2) is 24.5 Å². The molecule has 0 atom stereocenters. The number of anilines is 1. The zero-order valence-corrected chi connectivity index (χ0v) is 16.9. The Morgan fingerprint density at radius 3 is 2.86 bits per heavy atom. The zero-order valence-electron chi connectivity index (χ0n) is 14.5. The molecule has 3 aromatic rings. The van der Waals surface area contributed by atoms with E-state index in [9.17, 15) is 8.42 Å². The van der Waals surface area contributed by atoms with Crippen molar-refractivity contribution in [1.29, 1.82) is 0 Å². The molecule has 0 radical (unpaired) electrons. The first-order valence-electron chi connectivity index (χ1n) is 8.11. The molecule has 142 valence electrons. The van der Waals surface area contributed by atoms with E-state index in [1.807, 2.05) is 30.3 Å². The number of guanidine groups is 1. The SMILES string of the molecule is Cc1cc2c(cc1Cl)SC(/N=C(/N)Nc1cccc3cccnc13)=NS2(=O)=O. The van der Waals surface area contributed by atoms with Gasteiger partial charge in [-0.25, -0.2) is 0 Å². The predicted molar refractivity (Wildman–Crippen MR) is 114 cm³/mol. The van der Waals surface area contributed by atoms with Gasteiger partial charge in [0.25, 0.3) is 10.0 Å². The number of aliphatic imine (C=N–C) groups is 1. The molecule has 28 heavy (non-hydrogen) atoms. The molecule has 2 heterocycles. The molecule has 1 aliphatic heterocycles. The summed E-state index contributed by atoms with van der Waals surface area (Å²) < 4.78 is 28.7. The topological polar surface area (TPSA) is 110 Å². The summed E-state index contributed by atoms with van der Waals surface area (Å²) in [5.74, 6) is 0.00117. The number of nitrogens with two attached hydrogens (primary N) is 1. The molecule has 0 saturated heterocycles. The number of aromatic nitrogens is 1. The summed E-state index contributed by atoms with van der Waals surface area (Å²) in [5, 5.41) is 4.37. The highest BCUT2D eigenvalue weighted by Crippen LogP contribution is 2.37. The smallest absolute Gasteiger partial charge is 0.285 e. The molecule has 10 heteroatoms. The van der Waals surface area contributed by atoms with Gasteiger partial charge in [-0.05, 0) is 48.5 Å². The fourth-order valence-electron chi connectivity index (χ4n) is 2.70. The number of nitrogens with zero attached hydrogens (tertiary/aromatic N) is 3. The third-order valence-electron chi connectivity index (χ3n) is 4.01. The average molecular weight is 432 g/mol. The molecule has 7 nitrogen and oxygen atoms in total. The van der Waals surface area contributed by atoms with Crippen LogP contribution in [0.15, 0.2) is 67.8 Å². The van der Waals surface area contributed by atoms with Crippen molar-refractivity contribution >= 4 is 61.1 Å². The third kappa shape index (κ3) is 3.56. The Kier molecular flexibility index (Phi) is 4.74. The lowest BCUT2D eigenvalue weighted by atomic mass is 10.2. The molecular weight excluding hydrogens is 418 g/mol. The van der Waals surface area contributed by atoms with E-state index in [1.165, 1.54) is 6.07 Å². The molecular formula is C18H14ClN5O2S2. The van der Waals surface area contributed by atoms with Crippen molar-refractivity contribution < 1.29 is 8.42 Å². The minimum Gasteiger partial charge on any atom is -0.369 e. The molecule has 4 rings (SSSR count). The number of hydrogen-bond donors (Lipinski definition) is 2. The van der Waals surface area contributed by atoms with Gasteiger partial charge in [-0.15, -0.1) is 4.40 Å². The minimum atomic E-state index is -3.88. The van der Waals surface area contributed by atoms with Gasteiger partial charge in [0.2, 0.25) is 5.17 Å². The molecule has 0 amide bonds. The van der Waals surface area contributed by atoms with Crippen LogP contribution < -0.4 is 11.1 Å². The Morgan fingerprint density at radius 2 is 2.04 bits per heavy atom. The summed E-state index contributed by atoms with van der Waals surface area (Å²) in [5.41, 5.74) is 8.03. The summed E-state index contributed by atoms with van der Waals surface area (Å²) in [6.45, 7) is 1.74. The summed E-state index contributed by atoms with van der Waals surface area (Å²) in [6.07, 6.45) is 1.68. The quantitative estimate of drug-likeness (QED) is 0.448. The monoisotopic (exact) mass is 431 g/mol. The first kappa shape index (κ1) is 18.7. The Balaban J connectivity index is 1.67. The van der Waals surface area contributed by atoms with Crippen molar-refractivity contribution in [3.05, 3.63) is 59.2 Å². The van der Waals surface area contributed by atoms with Gasteiger partial charge in [0, 0.05) is 21.5 Å². The lowest BCUT2D eigenvalue weighted by Crippen LogP contribution is -2.24. The van der Waals surface area contributed by atoms with Gasteiger partial charge >= 0.3 is 0 Å². The van der Waals surface area contributed by atoms with Gasteiger partial charge in [0.1, 0.15) is 4.90 Å². The number of aryl methyl sites for hydroxylation is 1. The number of amidine groups is 1. The molecule has 0 spiro atoms. The maximum Gasteiger partial charge on any atom is 0.285 e. The van der Waals surface area contributed by atoms with Crippen LogP contribution in [-0.2, 0) is 10.0 Å². The summed E-state index contributed by atoms with van der Waals surface area (Å²) >= 11 is 7.22. The van der Waals surface area contributed by atoms with E-state index < -0.39 is 10.0 Å². The van der Waals surface area contributed by atoms with E-state index in [0.717, 1.165) is 22.7 Å². The second kappa shape index (κ2) is 7.08. The number of halogens is 1. The normalized spacial score (nSPS) is 15.8. The lowest BCUT2D eigenvalue weighted by molar-refractivity contribution is 0.595. The van der Waals surface area contributed by atoms with Crippen molar-refractivity contribution in [1.82, 2.24) is 4.98 Å². The van der Waals surface area contributed by atoms with Crippen LogP contribution in [0.2, 0.25) is 5.02 Å². The van der Waals surface area contributed by atoms with Crippen LogP contribution in [0.25, 0.3) is 10.9 Å². The van der Waals surface area contributed by atoms with Gasteiger partial charge in [-0.3, -0.25) is 4.98 Å². The van der Waals surface area contributed by atoms with Crippen molar-refractivity contribution in [2.45, 2.75) is 16.7 Å². The van der Waals surface area contributed by atoms with Crippen LogP contribution in [0.4, 0.5) is 5.69 Å². The average Bonchev–Trinajstić information content (AvgIpc) is 2.63. The zero-order chi connectivity index (χ0) is 19.9. The number of thioether (sulfide) groups is 1. The van der Waals surface area contributed by atoms with Crippen molar-refractivity contribution in [3.8, 4) is 0 Å². The van der Waals surface area contributed by atoms with Crippen LogP contribution in [0.5, 0.6) is 0 Å². The number of rotatable bonds is 1. The Labute approximate surface area is 170 Å². The molecule has 0 bridgehead atoms. The van der Waals surface area contributed by atoms with E-state index in [4.69, 9.17) is 17.3 Å². The Bertz CT molecular complexity index is 1270. The maximum atomic E-state index is 12.5. The van der Waals surface area contributed by atoms with Crippen molar-refractivity contribution in [2.75, 3.05) is 5.32 Å². The second-order valence-electron chi connectivity index (χ2n) is 6.00. The largest absolute Gasteiger partial charge is 0.369 e. The number of sulfonamides is 1. The van der Waals surface area contributed by atoms with Crippen LogP contribution in [0.1, 0.15) is 5.56 Å². The minimum absolute atomic E-state index is 0.00117. The van der Waals surface area contributed by atoms with E-state index in [2.05, 4.69) is 19.7 Å². The summed E-state index contributed by atoms with van der Waals surface area (Å²) in [6, 6.07) is 12.5. The van der Waals surface area contributed by atoms with E-state index in [1.54, 1.807) is 19.2 Å². The molecule has 0 saturated carbocycles. The van der Waals surface area contributed by atoms with Crippen molar-refractivity contribution in [2.24, 2.45) is 15.1 Å². The summed E-state index contributed by atoms with van der Waals surface area (Å²) in [4.78, 5) is 9.04. The molecule has 1 aromatic heterocycles. The maximum absolute atomic E-state index is 12.5. The van der Waals surface area contributed by atoms with Crippen LogP contribution in [0.3, 0.4) is 0 Å². The number of nitrogens with one attached hydrogen (secondary N) is 1. The van der Waals surface area contributed by atoms with E-state index in [0.29, 0.717) is 21.2 Å². The van der Waals surface area contributed by atoms with Crippen LogP contribution in [0, 0.1) is 6.92 Å². The fraction of sp³-hybridized carbons (Fsp3) is 0.0556. The highest BCUT2D eigenvalue weighted by Gasteiger charge is 2.27. The highest BCUT2D eigenvalue weighted by molar-refractivity contribution is 8.15. The highest BCUT2D eigenvalue weighted by atomic mass is 35.5. The summed E-state index contributed by atoms with van der Waals surface area (Å²) in [7, 11) is -3.88. The second-order valence-corrected chi connectivity index (χ2v) is 8.99.